The van der Waals surface area contributed by atoms with Crippen molar-refractivity contribution >= 4 is 0 Å². The van der Waals surface area contributed by atoms with Gasteiger partial charge in [-0.3, -0.25) is 0 Å². The topological polar surface area (TPSA) is 26.0 Å². The van der Waals surface area contributed by atoms with Crippen LogP contribution in [0.15, 0.2) is 0 Å². The smallest absolute Gasteiger partial charge is 0.0154 e. The molecule has 2 N–H and O–H groups in total. The summed E-state index contributed by atoms with van der Waals surface area (Å²) in [6.45, 7) is 11.4. The van der Waals surface area contributed by atoms with Crippen LogP contribution in [0.5, 0.6) is 0 Å². The van der Waals surface area contributed by atoms with Crippen molar-refractivity contribution in [2.75, 3.05) is 0 Å². The molecular weight excluding hydrogens is 242 g/mol. The van der Waals surface area contributed by atoms with E-state index in [4.69, 9.17) is 5.73 Å². The van der Waals surface area contributed by atoms with Crippen LogP contribution in [0, 0.1) is 5.41 Å². The van der Waals surface area contributed by atoms with Crippen molar-refractivity contribution < 1.29 is 0 Å². The van der Waals surface area contributed by atoms with Gasteiger partial charge in [-0.25, -0.2) is 0 Å². The molecule has 0 aromatic heterocycles. The van der Waals surface area contributed by atoms with Crippen molar-refractivity contribution in [3.8, 4) is 0 Å². The van der Waals surface area contributed by atoms with Crippen molar-refractivity contribution in [3.63, 3.8) is 0 Å². The lowest BCUT2D eigenvalue weighted by Gasteiger charge is -2.46. The normalized spacial score (nSPS) is 12.9. The SMILES string of the molecule is CCCCCC(CCCCC)(CCCCC)C(C)(C)N. The third kappa shape index (κ3) is 7.11. The largest absolute Gasteiger partial charge is 0.325 e. The molecule has 0 radical (unpaired) electrons. The highest BCUT2D eigenvalue weighted by Gasteiger charge is 2.40. The van der Waals surface area contributed by atoms with E-state index in [9.17, 15) is 0 Å². The summed E-state index contributed by atoms with van der Waals surface area (Å²) in [6.07, 6.45) is 16.1. The summed E-state index contributed by atoms with van der Waals surface area (Å²) < 4.78 is 0. The summed E-state index contributed by atoms with van der Waals surface area (Å²) in [7, 11) is 0. The van der Waals surface area contributed by atoms with Crippen LogP contribution in [0.1, 0.15) is 112 Å². The molecule has 0 rings (SSSR count). The Kier molecular flexibility index (Phi) is 10.6. The van der Waals surface area contributed by atoms with Crippen molar-refractivity contribution in [2.24, 2.45) is 11.1 Å². The van der Waals surface area contributed by atoms with Crippen LogP contribution in [-0.2, 0) is 0 Å². The molecule has 0 aromatic rings. The highest BCUT2D eigenvalue weighted by atomic mass is 14.8. The van der Waals surface area contributed by atoms with E-state index in [1.54, 1.807) is 0 Å². The van der Waals surface area contributed by atoms with Crippen LogP contribution in [0.4, 0.5) is 0 Å². The van der Waals surface area contributed by atoms with Gasteiger partial charge in [0.05, 0.1) is 0 Å². The molecule has 0 aliphatic rings. The maximum absolute atomic E-state index is 6.66. The summed E-state index contributed by atoms with van der Waals surface area (Å²) in [4.78, 5) is 0. The standard InChI is InChI=1S/C19H41N/c1-6-9-12-15-19(18(4,5)20,16-13-10-7-2)17-14-11-8-3/h6-17,20H2,1-5H3. The maximum atomic E-state index is 6.66. The monoisotopic (exact) mass is 283 g/mol. The first-order valence-corrected chi connectivity index (χ1v) is 9.22. The second kappa shape index (κ2) is 10.7. The molecule has 0 aliphatic heterocycles. The molecule has 0 amide bonds. The first-order chi connectivity index (χ1) is 9.43. The fraction of sp³-hybridized carbons (Fsp3) is 1.00. The Morgan fingerprint density at radius 1 is 0.600 bits per heavy atom. The second-order valence-electron chi connectivity index (χ2n) is 7.37. The third-order valence-corrected chi connectivity index (χ3v) is 5.14. The number of hydrogen-bond donors (Lipinski definition) is 1. The molecule has 122 valence electrons. The molecule has 0 saturated heterocycles. The molecule has 0 fully saturated rings. The molecule has 20 heavy (non-hydrogen) atoms. The summed E-state index contributed by atoms with van der Waals surface area (Å²) in [5.74, 6) is 0. The molecule has 1 heteroatoms. The zero-order chi connectivity index (χ0) is 15.5. The fourth-order valence-corrected chi connectivity index (χ4v) is 3.48. The highest BCUT2D eigenvalue weighted by molar-refractivity contribution is 4.96. The number of nitrogens with two attached hydrogens (primary N) is 1. The first kappa shape index (κ1) is 20.0. The van der Waals surface area contributed by atoms with Gasteiger partial charge in [0.1, 0.15) is 0 Å². The van der Waals surface area contributed by atoms with Crippen LogP contribution in [-0.4, -0.2) is 5.54 Å². The summed E-state index contributed by atoms with van der Waals surface area (Å²) in [6, 6.07) is 0. The van der Waals surface area contributed by atoms with E-state index in [1.165, 1.54) is 77.0 Å². The Morgan fingerprint density at radius 3 is 1.10 bits per heavy atom. The van der Waals surface area contributed by atoms with Gasteiger partial charge < -0.3 is 5.73 Å². The van der Waals surface area contributed by atoms with Gasteiger partial charge in [-0.2, -0.15) is 0 Å². The lowest BCUT2D eigenvalue weighted by molar-refractivity contribution is 0.0950. The minimum absolute atomic E-state index is 0.0395. The summed E-state index contributed by atoms with van der Waals surface area (Å²) >= 11 is 0. The molecule has 0 aromatic carbocycles. The first-order valence-electron chi connectivity index (χ1n) is 9.22. The average Bonchev–Trinajstić information content (AvgIpc) is 2.37. The van der Waals surface area contributed by atoms with Gasteiger partial charge in [0.2, 0.25) is 0 Å². The van der Waals surface area contributed by atoms with Crippen LogP contribution >= 0.6 is 0 Å². The van der Waals surface area contributed by atoms with Gasteiger partial charge >= 0.3 is 0 Å². The van der Waals surface area contributed by atoms with Crippen LogP contribution < -0.4 is 5.73 Å². The number of hydrogen-bond acceptors (Lipinski definition) is 1. The van der Waals surface area contributed by atoms with E-state index in [-0.39, 0.29) is 5.54 Å². The molecule has 0 spiro atoms. The predicted octanol–water partition coefficient (Wildman–Crippen LogP) is 6.45. The molecule has 0 bridgehead atoms. The van der Waals surface area contributed by atoms with Gasteiger partial charge in [-0.15, -0.1) is 0 Å². The van der Waals surface area contributed by atoms with E-state index >= 15 is 0 Å². The quantitative estimate of drug-likeness (QED) is 0.386. The molecule has 0 heterocycles. The molecule has 0 aliphatic carbocycles. The van der Waals surface area contributed by atoms with Crippen molar-refractivity contribution in [1.29, 1.82) is 0 Å². The molecule has 0 unspecified atom stereocenters. The Labute approximate surface area is 129 Å². The predicted molar refractivity (Wildman–Crippen MR) is 93.1 cm³/mol. The average molecular weight is 284 g/mol. The molecule has 0 saturated carbocycles. The van der Waals surface area contributed by atoms with Gasteiger partial charge in [0.25, 0.3) is 0 Å². The van der Waals surface area contributed by atoms with Crippen LogP contribution in [0.25, 0.3) is 0 Å². The Hall–Kier alpha value is -0.0400. The van der Waals surface area contributed by atoms with Gasteiger partial charge in [0.15, 0.2) is 0 Å². The maximum Gasteiger partial charge on any atom is 0.0154 e. The minimum Gasteiger partial charge on any atom is -0.325 e. The van der Waals surface area contributed by atoms with E-state index in [0.717, 1.165) is 0 Å². The van der Waals surface area contributed by atoms with E-state index in [2.05, 4.69) is 34.6 Å². The summed E-state index contributed by atoms with van der Waals surface area (Å²) in [5, 5.41) is 0. The fourth-order valence-electron chi connectivity index (χ4n) is 3.48. The van der Waals surface area contributed by atoms with Gasteiger partial charge in [0, 0.05) is 5.54 Å². The second-order valence-corrected chi connectivity index (χ2v) is 7.37. The molecule has 0 atom stereocenters. The van der Waals surface area contributed by atoms with Crippen LogP contribution in [0.3, 0.4) is 0 Å². The van der Waals surface area contributed by atoms with E-state index in [0.29, 0.717) is 5.41 Å². The molecular formula is C19H41N. The lowest BCUT2D eigenvalue weighted by Crippen LogP contribution is -2.51. The highest BCUT2D eigenvalue weighted by Crippen LogP contribution is 2.44. The third-order valence-electron chi connectivity index (χ3n) is 5.14. The summed E-state index contributed by atoms with van der Waals surface area (Å²) in [5.41, 5.74) is 6.99. The minimum atomic E-state index is -0.0395. The van der Waals surface area contributed by atoms with Gasteiger partial charge in [-0.1, -0.05) is 78.6 Å². The zero-order valence-corrected chi connectivity index (χ0v) is 15.1. The zero-order valence-electron chi connectivity index (χ0n) is 15.1. The van der Waals surface area contributed by atoms with E-state index in [1.807, 2.05) is 0 Å². The Bertz CT molecular complexity index is 188. The van der Waals surface area contributed by atoms with Crippen molar-refractivity contribution in [2.45, 2.75) is 117 Å². The molecule has 1 nitrogen and oxygen atoms in total. The van der Waals surface area contributed by atoms with Gasteiger partial charge in [-0.05, 0) is 38.5 Å². The number of unbranched alkanes of at least 4 members (excludes halogenated alkanes) is 6. The lowest BCUT2D eigenvalue weighted by atomic mass is 9.63. The number of rotatable bonds is 13. The Balaban J connectivity index is 4.77. The van der Waals surface area contributed by atoms with Crippen molar-refractivity contribution in [3.05, 3.63) is 0 Å². The Morgan fingerprint density at radius 2 is 0.900 bits per heavy atom. The van der Waals surface area contributed by atoms with Crippen LogP contribution in [0.2, 0.25) is 0 Å². The van der Waals surface area contributed by atoms with Crippen molar-refractivity contribution in [1.82, 2.24) is 0 Å². The van der Waals surface area contributed by atoms with E-state index < -0.39 is 0 Å².